The van der Waals surface area contributed by atoms with Gasteiger partial charge in [0.1, 0.15) is 0 Å². The molecule has 0 aliphatic carbocycles. The van der Waals surface area contributed by atoms with Crippen molar-refractivity contribution in [2.75, 3.05) is 17.2 Å². The smallest absolute Gasteiger partial charge is 0.306 e. The molecule has 2 aromatic rings. The number of amides is 2. The van der Waals surface area contributed by atoms with E-state index in [1.54, 1.807) is 31.2 Å². The van der Waals surface area contributed by atoms with Crippen molar-refractivity contribution in [2.45, 2.75) is 26.2 Å². The summed E-state index contributed by atoms with van der Waals surface area (Å²) in [5.74, 6) is -1.53. The molecule has 158 valence electrons. The molecule has 0 aliphatic rings. The number of ether oxygens (including phenoxy) is 1. The van der Waals surface area contributed by atoms with Crippen molar-refractivity contribution in [3.8, 4) is 0 Å². The zero-order valence-electron chi connectivity index (χ0n) is 16.1. The van der Waals surface area contributed by atoms with Crippen molar-refractivity contribution in [1.82, 2.24) is 0 Å². The Morgan fingerprint density at radius 2 is 1.73 bits per heavy atom. The zero-order valence-corrected chi connectivity index (χ0v) is 16.9. The van der Waals surface area contributed by atoms with E-state index in [1.807, 2.05) is 0 Å². The SMILES string of the molecule is Cc1ccc(NC(=O)COC(=O)CCCC(=O)Nc2cccc(Cl)c2)cc1[N+](=O)[O-]. The number of halogens is 1. The lowest BCUT2D eigenvalue weighted by Gasteiger charge is -2.08. The van der Waals surface area contributed by atoms with Gasteiger partial charge in [0.25, 0.3) is 11.6 Å². The number of hydrogen-bond donors (Lipinski definition) is 2. The average Bonchev–Trinajstić information content (AvgIpc) is 2.67. The molecule has 0 bridgehead atoms. The van der Waals surface area contributed by atoms with Crippen LogP contribution in [-0.2, 0) is 19.1 Å². The summed E-state index contributed by atoms with van der Waals surface area (Å²) in [6.07, 6.45) is 0.310. The van der Waals surface area contributed by atoms with E-state index in [1.165, 1.54) is 18.2 Å². The highest BCUT2D eigenvalue weighted by molar-refractivity contribution is 6.30. The highest BCUT2D eigenvalue weighted by atomic mass is 35.5. The van der Waals surface area contributed by atoms with Crippen LogP contribution in [0.2, 0.25) is 5.02 Å². The fourth-order valence-electron chi connectivity index (χ4n) is 2.48. The third kappa shape index (κ3) is 7.51. The largest absolute Gasteiger partial charge is 0.456 e. The molecular formula is C20H20ClN3O6. The van der Waals surface area contributed by atoms with Gasteiger partial charge in [0.2, 0.25) is 5.91 Å². The Morgan fingerprint density at radius 3 is 2.43 bits per heavy atom. The van der Waals surface area contributed by atoms with E-state index in [0.29, 0.717) is 16.3 Å². The molecule has 0 aromatic heterocycles. The minimum absolute atomic E-state index is 0.0355. The molecule has 2 N–H and O–H groups in total. The lowest BCUT2D eigenvalue weighted by Crippen LogP contribution is -2.21. The lowest BCUT2D eigenvalue weighted by molar-refractivity contribution is -0.385. The van der Waals surface area contributed by atoms with Crippen LogP contribution in [0.25, 0.3) is 0 Å². The Balaban J connectivity index is 1.69. The molecule has 0 spiro atoms. The molecule has 0 heterocycles. The Morgan fingerprint density at radius 1 is 1.03 bits per heavy atom. The number of hydrogen-bond acceptors (Lipinski definition) is 6. The Bertz CT molecular complexity index is 963. The normalized spacial score (nSPS) is 10.2. The lowest BCUT2D eigenvalue weighted by atomic mass is 10.2. The molecule has 2 amide bonds. The highest BCUT2D eigenvalue weighted by Gasteiger charge is 2.14. The second-order valence-electron chi connectivity index (χ2n) is 6.38. The highest BCUT2D eigenvalue weighted by Crippen LogP contribution is 2.22. The molecule has 9 nitrogen and oxygen atoms in total. The van der Waals surface area contributed by atoms with Gasteiger partial charge in [0.15, 0.2) is 6.61 Å². The standard InChI is InChI=1S/C20H20ClN3O6/c1-13-8-9-16(11-17(13)24(28)29)23-19(26)12-30-20(27)7-3-6-18(25)22-15-5-2-4-14(21)10-15/h2,4-5,8-11H,3,6-7,12H2,1H3,(H,22,25)(H,23,26). The van der Waals surface area contributed by atoms with E-state index in [0.717, 1.165) is 0 Å². The van der Waals surface area contributed by atoms with Crippen LogP contribution in [0.5, 0.6) is 0 Å². The van der Waals surface area contributed by atoms with Crippen LogP contribution in [0.4, 0.5) is 17.1 Å². The number of esters is 1. The number of nitrogens with one attached hydrogen (secondary N) is 2. The summed E-state index contributed by atoms with van der Waals surface area (Å²) in [7, 11) is 0. The molecule has 0 radical (unpaired) electrons. The fraction of sp³-hybridized carbons (Fsp3) is 0.250. The maximum atomic E-state index is 11.9. The first kappa shape index (κ1) is 22.8. The third-order valence-electron chi connectivity index (χ3n) is 3.95. The van der Waals surface area contributed by atoms with Gasteiger partial charge in [0.05, 0.1) is 4.92 Å². The van der Waals surface area contributed by atoms with E-state index >= 15 is 0 Å². The van der Waals surface area contributed by atoms with Gasteiger partial charge < -0.3 is 15.4 Å². The first-order chi connectivity index (χ1) is 14.2. The molecule has 30 heavy (non-hydrogen) atoms. The summed E-state index contributed by atoms with van der Waals surface area (Å²) in [4.78, 5) is 45.8. The quantitative estimate of drug-likeness (QED) is 0.351. The number of benzene rings is 2. The number of aryl methyl sites for hydroxylation is 1. The summed E-state index contributed by atoms with van der Waals surface area (Å²) < 4.78 is 4.86. The third-order valence-corrected chi connectivity index (χ3v) is 4.18. The first-order valence-corrected chi connectivity index (χ1v) is 9.38. The average molecular weight is 434 g/mol. The fourth-order valence-corrected chi connectivity index (χ4v) is 2.67. The first-order valence-electron chi connectivity index (χ1n) is 9.00. The number of nitrogens with zero attached hydrogens (tertiary/aromatic N) is 1. The number of anilines is 2. The van der Waals surface area contributed by atoms with E-state index < -0.39 is 23.4 Å². The summed E-state index contributed by atoms with van der Waals surface area (Å²) in [6.45, 7) is 1.05. The number of carbonyl (C=O) groups excluding carboxylic acids is 3. The summed E-state index contributed by atoms with van der Waals surface area (Å²) in [5, 5.41) is 16.5. The number of carbonyl (C=O) groups is 3. The molecular weight excluding hydrogens is 414 g/mol. The van der Waals surface area contributed by atoms with E-state index in [4.69, 9.17) is 16.3 Å². The van der Waals surface area contributed by atoms with Gasteiger partial charge in [-0.3, -0.25) is 24.5 Å². The summed E-state index contributed by atoms with van der Waals surface area (Å²) >= 11 is 5.84. The maximum absolute atomic E-state index is 11.9. The van der Waals surface area contributed by atoms with Gasteiger partial charge >= 0.3 is 5.97 Å². The van der Waals surface area contributed by atoms with Crippen molar-refractivity contribution in [3.63, 3.8) is 0 Å². The molecule has 0 unspecified atom stereocenters. The second kappa shape index (κ2) is 10.9. The van der Waals surface area contributed by atoms with Crippen LogP contribution in [0.1, 0.15) is 24.8 Å². The van der Waals surface area contributed by atoms with Crippen molar-refractivity contribution < 1.29 is 24.0 Å². The van der Waals surface area contributed by atoms with Gasteiger partial charge in [-0.1, -0.05) is 23.7 Å². The van der Waals surface area contributed by atoms with Gasteiger partial charge in [-0.15, -0.1) is 0 Å². The molecule has 0 atom stereocenters. The monoisotopic (exact) mass is 433 g/mol. The molecule has 0 aliphatic heterocycles. The van der Waals surface area contributed by atoms with Crippen LogP contribution in [0.15, 0.2) is 42.5 Å². The second-order valence-corrected chi connectivity index (χ2v) is 6.82. The van der Waals surface area contributed by atoms with Gasteiger partial charge in [0, 0.05) is 40.9 Å². The molecule has 2 rings (SSSR count). The maximum Gasteiger partial charge on any atom is 0.306 e. The predicted molar refractivity (Wildman–Crippen MR) is 111 cm³/mol. The molecule has 10 heteroatoms. The molecule has 2 aromatic carbocycles. The van der Waals surface area contributed by atoms with Gasteiger partial charge in [-0.05, 0) is 37.6 Å². The van der Waals surface area contributed by atoms with E-state index in [-0.39, 0.29) is 36.5 Å². The minimum Gasteiger partial charge on any atom is -0.456 e. The topological polar surface area (TPSA) is 128 Å². The van der Waals surface area contributed by atoms with Crippen LogP contribution in [-0.4, -0.2) is 29.3 Å². The van der Waals surface area contributed by atoms with Crippen molar-refractivity contribution >= 4 is 46.4 Å². The number of nitro benzene ring substituents is 1. The van der Waals surface area contributed by atoms with Crippen molar-refractivity contribution in [1.29, 1.82) is 0 Å². The van der Waals surface area contributed by atoms with Crippen molar-refractivity contribution in [3.05, 3.63) is 63.2 Å². The Labute approximate surface area is 177 Å². The summed E-state index contributed by atoms with van der Waals surface area (Å²) in [6, 6.07) is 10.9. The predicted octanol–water partition coefficient (Wildman–Crippen LogP) is 3.85. The van der Waals surface area contributed by atoms with Crippen LogP contribution < -0.4 is 10.6 Å². The Hall–Kier alpha value is -3.46. The van der Waals surface area contributed by atoms with Gasteiger partial charge in [-0.25, -0.2) is 0 Å². The summed E-state index contributed by atoms with van der Waals surface area (Å²) in [5.41, 5.74) is 1.12. The van der Waals surface area contributed by atoms with E-state index in [9.17, 15) is 24.5 Å². The van der Waals surface area contributed by atoms with Crippen LogP contribution >= 0.6 is 11.6 Å². The Kier molecular flexibility index (Phi) is 8.30. The van der Waals surface area contributed by atoms with Crippen LogP contribution in [0, 0.1) is 17.0 Å². The van der Waals surface area contributed by atoms with Crippen molar-refractivity contribution in [2.24, 2.45) is 0 Å². The van der Waals surface area contributed by atoms with Crippen LogP contribution in [0.3, 0.4) is 0 Å². The number of nitro groups is 1. The molecule has 0 saturated heterocycles. The molecule has 0 saturated carbocycles. The molecule has 0 fully saturated rings. The number of rotatable bonds is 9. The van der Waals surface area contributed by atoms with E-state index in [2.05, 4.69) is 10.6 Å². The zero-order chi connectivity index (χ0) is 22.1. The van der Waals surface area contributed by atoms with Gasteiger partial charge in [-0.2, -0.15) is 0 Å². The minimum atomic E-state index is -0.629.